The van der Waals surface area contributed by atoms with Crippen molar-refractivity contribution in [3.8, 4) is 11.5 Å². The van der Waals surface area contributed by atoms with Gasteiger partial charge in [-0.05, 0) is 18.2 Å². The minimum atomic E-state index is -0.549. The minimum absolute atomic E-state index is 0.152. The zero-order chi connectivity index (χ0) is 12.8. The van der Waals surface area contributed by atoms with E-state index in [-0.39, 0.29) is 17.0 Å². The summed E-state index contributed by atoms with van der Waals surface area (Å²) in [7, 11) is 2.82. The third-order valence-electron chi connectivity index (χ3n) is 2.08. The van der Waals surface area contributed by atoms with Crippen molar-refractivity contribution in [1.82, 2.24) is 0 Å². The molecule has 0 aliphatic rings. The van der Waals surface area contributed by atoms with Gasteiger partial charge in [-0.15, -0.1) is 0 Å². The van der Waals surface area contributed by atoms with Crippen molar-refractivity contribution in [2.45, 2.75) is 0 Å². The maximum atomic E-state index is 10.8. The van der Waals surface area contributed by atoms with Gasteiger partial charge in [0.15, 0.2) is 11.5 Å². The highest BCUT2D eigenvalue weighted by Crippen LogP contribution is 2.34. The number of rotatable bonds is 5. The summed E-state index contributed by atoms with van der Waals surface area (Å²) in [6.07, 6.45) is 3.06. The second-order valence-corrected chi connectivity index (χ2v) is 3.02. The molecule has 0 amide bonds. The van der Waals surface area contributed by atoms with E-state index in [1.807, 2.05) is 0 Å². The molecule has 0 bridgehead atoms. The van der Waals surface area contributed by atoms with Crippen LogP contribution in [0.4, 0.5) is 5.69 Å². The molecule has 90 valence electrons. The normalized spacial score (nSPS) is 10.2. The zero-order valence-corrected chi connectivity index (χ0v) is 9.38. The van der Waals surface area contributed by atoms with E-state index in [2.05, 4.69) is 0 Å². The topological polar surface area (TPSA) is 78.7 Å². The van der Waals surface area contributed by atoms with Crippen LogP contribution in [0.15, 0.2) is 18.2 Å². The number of hydrogen-bond acceptors (Lipinski definition) is 5. The number of nitro benzene ring substituents is 1. The number of aldehydes is 1. The van der Waals surface area contributed by atoms with Crippen molar-refractivity contribution in [1.29, 1.82) is 0 Å². The van der Waals surface area contributed by atoms with Crippen LogP contribution in [0.1, 0.15) is 5.56 Å². The van der Waals surface area contributed by atoms with Gasteiger partial charge < -0.3 is 9.47 Å². The van der Waals surface area contributed by atoms with Crippen LogP contribution in [0, 0.1) is 10.1 Å². The van der Waals surface area contributed by atoms with Gasteiger partial charge in [-0.3, -0.25) is 14.9 Å². The Morgan fingerprint density at radius 2 is 1.82 bits per heavy atom. The number of allylic oxidation sites excluding steroid dienone is 1. The number of nitro groups is 1. The lowest BCUT2D eigenvalue weighted by Gasteiger charge is -2.08. The van der Waals surface area contributed by atoms with Gasteiger partial charge in [-0.1, -0.05) is 0 Å². The molecule has 0 radical (unpaired) electrons. The largest absolute Gasteiger partial charge is 0.493 e. The molecule has 6 nitrogen and oxygen atoms in total. The van der Waals surface area contributed by atoms with Crippen molar-refractivity contribution >= 4 is 18.0 Å². The van der Waals surface area contributed by atoms with Crippen molar-refractivity contribution in [3.05, 3.63) is 33.9 Å². The monoisotopic (exact) mass is 237 g/mol. The third kappa shape index (κ3) is 2.81. The van der Waals surface area contributed by atoms with Crippen molar-refractivity contribution < 1.29 is 19.2 Å². The highest BCUT2D eigenvalue weighted by atomic mass is 16.6. The molecule has 0 saturated heterocycles. The first-order chi connectivity index (χ1) is 8.13. The molecule has 0 aromatic heterocycles. The predicted molar refractivity (Wildman–Crippen MR) is 61.3 cm³/mol. The SMILES string of the molecule is COc1cc(C=CC=O)c([N+](=O)[O-])cc1OC. The number of carbonyl (C=O) groups excluding carboxylic acids is 1. The fourth-order valence-corrected chi connectivity index (χ4v) is 1.32. The third-order valence-corrected chi connectivity index (χ3v) is 2.08. The molecule has 0 N–H and O–H groups in total. The average molecular weight is 237 g/mol. The molecule has 0 aliphatic heterocycles. The molecular formula is C11H11NO5. The van der Waals surface area contributed by atoms with Gasteiger partial charge in [-0.2, -0.15) is 0 Å². The zero-order valence-electron chi connectivity index (χ0n) is 9.38. The van der Waals surface area contributed by atoms with Gasteiger partial charge >= 0.3 is 0 Å². The Morgan fingerprint density at radius 1 is 1.24 bits per heavy atom. The van der Waals surface area contributed by atoms with Crippen molar-refractivity contribution in [2.24, 2.45) is 0 Å². The molecular weight excluding hydrogens is 226 g/mol. The molecule has 0 fully saturated rings. The fraction of sp³-hybridized carbons (Fsp3) is 0.182. The molecule has 0 heterocycles. The first-order valence-electron chi connectivity index (χ1n) is 4.66. The number of carbonyl (C=O) groups is 1. The first-order valence-corrected chi connectivity index (χ1v) is 4.66. The first kappa shape index (κ1) is 12.7. The van der Waals surface area contributed by atoms with Gasteiger partial charge in [0.2, 0.25) is 0 Å². The van der Waals surface area contributed by atoms with Crippen LogP contribution in [0.2, 0.25) is 0 Å². The summed E-state index contributed by atoms with van der Waals surface area (Å²) in [5.74, 6) is 0.631. The van der Waals surface area contributed by atoms with E-state index in [4.69, 9.17) is 9.47 Å². The summed E-state index contributed by atoms with van der Waals surface area (Å²) in [5.41, 5.74) is 0.125. The maximum absolute atomic E-state index is 10.8. The van der Waals surface area contributed by atoms with E-state index >= 15 is 0 Å². The van der Waals surface area contributed by atoms with E-state index in [0.29, 0.717) is 12.0 Å². The van der Waals surface area contributed by atoms with Crippen LogP contribution in [-0.4, -0.2) is 25.4 Å². The van der Waals surface area contributed by atoms with E-state index in [1.165, 1.54) is 38.5 Å². The molecule has 17 heavy (non-hydrogen) atoms. The summed E-state index contributed by atoms with van der Waals surface area (Å²) in [6.45, 7) is 0. The smallest absolute Gasteiger partial charge is 0.280 e. The van der Waals surface area contributed by atoms with Gasteiger partial charge in [0.25, 0.3) is 5.69 Å². The van der Waals surface area contributed by atoms with Crippen LogP contribution < -0.4 is 9.47 Å². The highest BCUT2D eigenvalue weighted by molar-refractivity contribution is 5.77. The van der Waals surface area contributed by atoms with E-state index in [0.717, 1.165) is 0 Å². The number of ether oxygens (including phenoxy) is 2. The van der Waals surface area contributed by atoms with Crippen LogP contribution in [0.25, 0.3) is 6.08 Å². The second kappa shape index (κ2) is 5.64. The Balaban J connectivity index is 3.39. The van der Waals surface area contributed by atoms with E-state index in [1.54, 1.807) is 0 Å². The molecule has 6 heteroatoms. The predicted octanol–water partition coefficient (Wildman–Crippen LogP) is 1.82. The standard InChI is InChI=1S/C11H11NO5/c1-16-10-6-8(4-3-5-13)9(12(14)15)7-11(10)17-2/h3-7H,1-2H3. The van der Waals surface area contributed by atoms with E-state index < -0.39 is 4.92 Å². The minimum Gasteiger partial charge on any atom is -0.493 e. The van der Waals surface area contributed by atoms with Gasteiger partial charge in [0.05, 0.1) is 30.8 Å². The lowest BCUT2D eigenvalue weighted by atomic mass is 10.1. The van der Waals surface area contributed by atoms with Crippen molar-refractivity contribution in [3.63, 3.8) is 0 Å². The quantitative estimate of drug-likeness (QED) is 0.338. The highest BCUT2D eigenvalue weighted by Gasteiger charge is 2.17. The Bertz CT molecular complexity index is 467. The molecule has 1 aromatic rings. The molecule has 0 atom stereocenters. The molecule has 1 rings (SSSR count). The summed E-state index contributed by atoms with van der Waals surface area (Å²) >= 11 is 0. The number of methoxy groups -OCH3 is 2. The molecule has 0 spiro atoms. The Kier molecular flexibility index (Phi) is 4.21. The number of hydrogen-bond donors (Lipinski definition) is 0. The Labute approximate surface area is 97.6 Å². The summed E-state index contributed by atoms with van der Waals surface area (Å²) in [4.78, 5) is 20.5. The molecule has 0 unspecified atom stereocenters. The fourth-order valence-electron chi connectivity index (χ4n) is 1.32. The van der Waals surface area contributed by atoms with Crippen LogP contribution in [0.5, 0.6) is 11.5 Å². The van der Waals surface area contributed by atoms with Crippen molar-refractivity contribution in [2.75, 3.05) is 14.2 Å². The lowest BCUT2D eigenvalue weighted by molar-refractivity contribution is -0.385. The molecule has 0 saturated carbocycles. The molecule has 1 aromatic carbocycles. The van der Waals surface area contributed by atoms with Gasteiger partial charge in [-0.25, -0.2) is 0 Å². The number of nitrogens with zero attached hydrogens (tertiary/aromatic N) is 1. The maximum Gasteiger partial charge on any atom is 0.280 e. The van der Waals surface area contributed by atoms with Crippen LogP contribution in [0.3, 0.4) is 0 Å². The van der Waals surface area contributed by atoms with Gasteiger partial charge in [0.1, 0.15) is 6.29 Å². The van der Waals surface area contributed by atoms with Crippen LogP contribution in [-0.2, 0) is 4.79 Å². The molecule has 0 aliphatic carbocycles. The summed E-state index contributed by atoms with van der Waals surface area (Å²) < 4.78 is 9.99. The van der Waals surface area contributed by atoms with E-state index in [9.17, 15) is 14.9 Å². The summed E-state index contributed by atoms with van der Waals surface area (Å²) in [5, 5.41) is 10.8. The lowest BCUT2D eigenvalue weighted by Crippen LogP contribution is -1.96. The second-order valence-electron chi connectivity index (χ2n) is 3.02. The van der Waals surface area contributed by atoms with Crippen LogP contribution >= 0.6 is 0 Å². The number of benzene rings is 1. The summed E-state index contributed by atoms with van der Waals surface area (Å²) in [6, 6.07) is 2.69. The average Bonchev–Trinajstić information content (AvgIpc) is 2.34. The van der Waals surface area contributed by atoms with Gasteiger partial charge in [0, 0.05) is 0 Å². The Morgan fingerprint density at radius 3 is 2.29 bits per heavy atom. The Hall–Kier alpha value is -2.37.